The van der Waals surface area contributed by atoms with E-state index in [1.165, 1.54) is 20.0 Å². The molecule has 16 heavy (non-hydrogen) atoms. The standard InChI is InChI=1S/C14H24O2/c1-14(2,3)8-12-10(13(15)16-4)6-5-9-7-11(9)12/h9-12H,5-8H2,1-4H3. The summed E-state index contributed by atoms with van der Waals surface area (Å²) in [6.07, 6.45) is 4.81. The zero-order chi connectivity index (χ0) is 11.9. The van der Waals surface area contributed by atoms with Gasteiger partial charge in [-0.3, -0.25) is 4.79 Å². The maximum Gasteiger partial charge on any atom is 0.308 e. The zero-order valence-electron chi connectivity index (χ0n) is 11.0. The van der Waals surface area contributed by atoms with Crippen molar-refractivity contribution >= 4 is 5.97 Å². The van der Waals surface area contributed by atoms with Gasteiger partial charge in [-0.05, 0) is 48.9 Å². The van der Waals surface area contributed by atoms with Crippen LogP contribution in [0.2, 0.25) is 0 Å². The molecule has 2 nitrogen and oxygen atoms in total. The van der Waals surface area contributed by atoms with Crippen molar-refractivity contribution in [2.24, 2.45) is 29.1 Å². The number of hydrogen-bond donors (Lipinski definition) is 0. The largest absolute Gasteiger partial charge is 0.469 e. The average molecular weight is 224 g/mol. The Morgan fingerprint density at radius 1 is 1.31 bits per heavy atom. The Bertz CT molecular complexity index is 277. The third-order valence-electron chi connectivity index (χ3n) is 4.24. The lowest BCUT2D eigenvalue weighted by molar-refractivity contribution is -0.149. The van der Waals surface area contributed by atoms with E-state index in [2.05, 4.69) is 20.8 Å². The monoisotopic (exact) mass is 224 g/mol. The van der Waals surface area contributed by atoms with E-state index in [4.69, 9.17) is 4.74 Å². The molecule has 2 aliphatic rings. The van der Waals surface area contributed by atoms with Gasteiger partial charge in [0.15, 0.2) is 0 Å². The summed E-state index contributed by atoms with van der Waals surface area (Å²) < 4.78 is 4.96. The molecule has 0 aromatic carbocycles. The van der Waals surface area contributed by atoms with Crippen LogP contribution in [0.3, 0.4) is 0 Å². The van der Waals surface area contributed by atoms with Gasteiger partial charge in [-0.15, -0.1) is 0 Å². The summed E-state index contributed by atoms with van der Waals surface area (Å²) in [4.78, 5) is 11.8. The van der Waals surface area contributed by atoms with E-state index < -0.39 is 0 Å². The van der Waals surface area contributed by atoms with E-state index in [1.807, 2.05) is 0 Å². The van der Waals surface area contributed by atoms with Crippen molar-refractivity contribution in [3.63, 3.8) is 0 Å². The Balaban J connectivity index is 2.07. The quantitative estimate of drug-likeness (QED) is 0.673. The molecule has 2 saturated carbocycles. The minimum Gasteiger partial charge on any atom is -0.469 e. The first-order valence-corrected chi connectivity index (χ1v) is 6.50. The van der Waals surface area contributed by atoms with Crippen LogP contribution in [0, 0.1) is 29.1 Å². The van der Waals surface area contributed by atoms with Crippen molar-refractivity contribution in [3.8, 4) is 0 Å². The van der Waals surface area contributed by atoms with Crippen LogP contribution in [0.4, 0.5) is 0 Å². The van der Waals surface area contributed by atoms with Gasteiger partial charge in [-0.2, -0.15) is 0 Å². The minimum absolute atomic E-state index is 0.0274. The molecule has 0 aromatic heterocycles. The van der Waals surface area contributed by atoms with Gasteiger partial charge in [-0.1, -0.05) is 20.8 Å². The molecule has 2 aliphatic carbocycles. The number of hydrogen-bond acceptors (Lipinski definition) is 2. The molecule has 0 saturated heterocycles. The number of fused-ring (bicyclic) bond motifs is 1. The van der Waals surface area contributed by atoms with Gasteiger partial charge in [0.2, 0.25) is 0 Å². The number of esters is 1. The van der Waals surface area contributed by atoms with E-state index >= 15 is 0 Å². The predicted molar refractivity (Wildman–Crippen MR) is 63.9 cm³/mol. The topological polar surface area (TPSA) is 26.3 Å². The average Bonchev–Trinajstić information content (AvgIpc) is 2.94. The van der Waals surface area contributed by atoms with Crippen LogP contribution in [0.5, 0.6) is 0 Å². The van der Waals surface area contributed by atoms with Crippen molar-refractivity contribution in [1.29, 1.82) is 0 Å². The summed E-state index contributed by atoms with van der Waals surface area (Å²) >= 11 is 0. The van der Waals surface area contributed by atoms with E-state index in [0.717, 1.165) is 24.7 Å². The maximum absolute atomic E-state index is 11.8. The Labute approximate surface area is 98.7 Å². The fourth-order valence-corrected chi connectivity index (χ4v) is 3.48. The number of carbonyl (C=O) groups excluding carboxylic acids is 1. The molecule has 0 heterocycles. The van der Waals surface area contributed by atoms with Crippen molar-refractivity contribution in [1.82, 2.24) is 0 Å². The second-order valence-electron chi connectivity index (χ2n) is 6.80. The smallest absolute Gasteiger partial charge is 0.308 e. The summed E-state index contributed by atoms with van der Waals surface area (Å²) in [6, 6.07) is 0. The van der Waals surface area contributed by atoms with Gasteiger partial charge < -0.3 is 4.74 Å². The molecule has 0 aliphatic heterocycles. The molecular weight excluding hydrogens is 200 g/mol. The fraction of sp³-hybridized carbons (Fsp3) is 0.929. The zero-order valence-corrected chi connectivity index (χ0v) is 11.0. The number of ether oxygens (including phenoxy) is 1. The van der Waals surface area contributed by atoms with Gasteiger partial charge in [0.05, 0.1) is 13.0 Å². The second kappa shape index (κ2) is 4.05. The van der Waals surface area contributed by atoms with Crippen molar-refractivity contribution in [2.45, 2.75) is 46.5 Å². The number of methoxy groups -OCH3 is 1. The minimum atomic E-state index is 0.0274. The third-order valence-corrected chi connectivity index (χ3v) is 4.24. The Morgan fingerprint density at radius 3 is 2.56 bits per heavy atom. The molecule has 92 valence electrons. The molecule has 0 radical (unpaired) electrons. The Morgan fingerprint density at radius 2 is 2.00 bits per heavy atom. The van der Waals surface area contributed by atoms with Crippen LogP contribution >= 0.6 is 0 Å². The van der Waals surface area contributed by atoms with Crippen LogP contribution in [0.15, 0.2) is 0 Å². The van der Waals surface area contributed by atoms with E-state index in [9.17, 15) is 4.79 Å². The molecule has 0 aromatic rings. The highest BCUT2D eigenvalue weighted by atomic mass is 16.5. The summed E-state index contributed by atoms with van der Waals surface area (Å²) in [5.74, 6) is 2.52. The molecule has 4 atom stereocenters. The first-order valence-electron chi connectivity index (χ1n) is 6.50. The number of carbonyl (C=O) groups is 1. The van der Waals surface area contributed by atoms with Crippen molar-refractivity contribution in [2.75, 3.05) is 7.11 Å². The van der Waals surface area contributed by atoms with Gasteiger partial charge in [-0.25, -0.2) is 0 Å². The molecule has 0 amide bonds. The SMILES string of the molecule is COC(=O)C1CCC2CC2C1CC(C)(C)C. The highest BCUT2D eigenvalue weighted by molar-refractivity contribution is 5.73. The van der Waals surface area contributed by atoms with Crippen molar-refractivity contribution in [3.05, 3.63) is 0 Å². The lowest BCUT2D eigenvalue weighted by atomic mass is 9.71. The molecule has 0 bridgehead atoms. The summed E-state index contributed by atoms with van der Waals surface area (Å²) in [7, 11) is 1.52. The lowest BCUT2D eigenvalue weighted by Gasteiger charge is -2.34. The fourth-order valence-electron chi connectivity index (χ4n) is 3.48. The van der Waals surface area contributed by atoms with Crippen LogP contribution in [-0.2, 0) is 9.53 Å². The predicted octanol–water partition coefficient (Wildman–Crippen LogP) is 3.26. The van der Waals surface area contributed by atoms with E-state index in [1.54, 1.807) is 0 Å². The van der Waals surface area contributed by atoms with Gasteiger partial charge in [0, 0.05) is 0 Å². The molecule has 2 rings (SSSR count). The molecule has 2 heteroatoms. The lowest BCUT2D eigenvalue weighted by Crippen LogP contribution is -2.32. The highest BCUT2D eigenvalue weighted by Crippen LogP contribution is 2.57. The first kappa shape index (κ1) is 11.9. The van der Waals surface area contributed by atoms with Crippen LogP contribution in [0.1, 0.15) is 46.5 Å². The molecule has 4 unspecified atom stereocenters. The van der Waals surface area contributed by atoms with Gasteiger partial charge >= 0.3 is 5.97 Å². The summed E-state index contributed by atoms with van der Waals surface area (Å²) in [6.45, 7) is 6.81. The van der Waals surface area contributed by atoms with Gasteiger partial charge in [0.25, 0.3) is 0 Å². The summed E-state index contributed by atoms with van der Waals surface area (Å²) in [5.41, 5.74) is 0.321. The maximum atomic E-state index is 11.8. The van der Waals surface area contributed by atoms with Crippen LogP contribution in [-0.4, -0.2) is 13.1 Å². The number of rotatable bonds is 2. The molecule has 0 N–H and O–H groups in total. The van der Waals surface area contributed by atoms with Crippen LogP contribution < -0.4 is 0 Å². The van der Waals surface area contributed by atoms with Crippen LogP contribution in [0.25, 0.3) is 0 Å². The molecule has 2 fully saturated rings. The second-order valence-corrected chi connectivity index (χ2v) is 6.80. The third kappa shape index (κ3) is 2.41. The summed E-state index contributed by atoms with van der Waals surface area (Å²) in [5, 5.41) is 0. The van der Waals surface area contributed by atoms with Gasteiger partial charge in [0.1, 0.15) is 0 Å². The molecule has 0 spiro atoms. The van der Waals surface area contributed by atoms with E-state index in [0.29, 0.717) is 11.3 Å². The normalized spacial score (nSPS) is 37.8. The Hall–Kier alpha value is -0.530. The highest BCUT2D eigenvalue weighted by Gasteiger charge is 2.52. The molecular formula is C14H24O2. The first-order chi connectivity index (χ1) is 7.42. The Kier molecular flexibility index (Phi) is 3.02. The van der Waals surface area contributed by atoms with E-state index in [-0.39, 0.29) is 11.9 Å². The van der Waals surface area contributed by atoms with Crippen molar-refractivity contribution < 1.29 is 9.53 Å².